The highest BCUT2D eigenvalue weighted by Crippen LogP contribution is 2.58. The van der Waals surface area contributed by atoms with E-state index in [0.717, 1.165) is 37.1 Å². The predicted octanol–water partition coefficient (Wildman–Crippen LogP) is 7.01. The zero-order chi connectivity index (χ0) is 33.4. The molecule has 250 valence electrons. The lowest BCUT2D eigenvalue weighted by Gasteiger charge is -2.40. The molecule has 0 radical (unpaired) electrons. The number of benzene rings is 3. The number of hydrogen-bond acceptors (Lipinski definition) is 5. The smallest absolute Gasteiger partial charge is 0.251 e. The molecule has 1 aliphatic carbocycles. The van der Waals surface area contributed by atoms with Crippen molar-refractivity contribution in [3.05, 3.63) is 93.5 Å². The Labute approximate surface area is 288 Å². The van der Waals surface area contributed by atoms with Gasteiger partial charge in [-0.2, -0.15) is 0 Å². The van der Waals surface area contributed by atoms with Gasteiger partial charge in [0.2, 0.25) is 5.91 Å². The predicted molar refractivity (Wildman–Crippen MR) is 184 cm³/mol. The summed E-state index contributed by atoms with van der Waals surface area (Å²) in [6.45, 7) is 7.25. The third kappa shape index (κ3) is 5.30. The van der Waals surface area contributed by atoms with E-state index in [0.29, 0.717) is 59.6 Å². The average Bonchev–Trinajstić information content (AvgIpc) is 3.75. The van der Waals surface area contributed by atoms with Gasteiger partial charge in [-0.25, -0.2) is 9.37 Å². The van der Waals surface area contributed by atoms with Crippen LogP contribution in [0.3, 0.4) is 0 Å². The Bertz CT molecular complexity index is 1940. The number of nitrogens with one attached hydrogen (secondary N) is 2. The van der Waals surface area contributed by atoms with Crippen LogP contribution in [0, 0.1) is 17.2 Å². The van der Waals surface area contributed by atoms with Gasteiger partial charge in [-0.1, -0.05) is 48.3 Å². The van der Waals surface area contributed by atoms with Crippen molar-refractivity contribution in [3.63, 3.8) is 0 Å². The Hall–Kier alpha value is -3.50. The molecule has 3 aromatic carbocycles. The molecule has 4 aromatic rings. The van der Waals surface area contributed by atoms with Crippen molar-refractivity contribution < 1.29 is 18.7 Å². The Morgan fingerprint density at radius 3 is 2.56 bits per heavy atom. The number of imidazole rings is 1. The maximum absolute atomic E-state index is 16.2. The number of aromatic nitrogens is 2. The summed E-state index contributed by atoms with van der Waals surface area (Å²) in [5.41, 5.74) is 1.93. The Morgan fingerprint density at radius 1 is 1.04 bits per heavy atom. The minimum absolute atomic E-state index is 0.0181. The molecule has 4 aliphatic rings. The van der Waals surface area contributed by atoms with Crippen LogP contribution < -0.4 is 10.6 Å². The molecular weight excluding hydrogens is 652 g/mol. The van der Waals surface area contributed by atoms with Crippen LogP contribution in [0.15, 0.2) is 60.7 Å². The summed E-state index contributed by atoms with van der Waals surface area (Å²) in [6.07, 6.45) is 2.97. The standard InChI is InChI=1S/C37H38Cl2FN5O3/c1-36(19-48-20-36)18-41-34(46)22-11-12-28-27(15-22)43-33-30-29(13-14-44(28)33)45(17-21-9-10-21)37(2,31(30)25-7-4-8-26(39)32(25)40)35(47)42-24-6-3-5-23(38)16-24/h3-8,11-12,15-16,21,29-31H,9-10,13-14,17-20H2,1-2H3,(H,41,46)(H,42,47)/t29-,30+,31-,37+/m0/s1. The van der Waals surface area contributed by atoms with Crippen LogP contribution in [0.1, 0.15) is 66.7 Å². The van der Waals surface area contributed by atoms with Gasteiger partial charge in [-0.15, -0.1) is 0 Å². The lowest BCUT2D eigenvalue weighted by atomic mass is 9.73. The van der Waals surface area contributed by atoms with E-state index in [-0.39, 0.29) is 34.2 Å². The molecule has 1 aromatic heterocycles. The van der Waals surface area contributed by atoms with Crippen LogP contribution in [0.25, 0.3) is 11.0 Å². The third-order valence-electron chi connectivity index (χ3n) is 11.0. The monoisotopic (exact) mass is 689 g/mol. The van der Waals surface area contributed by atoms with E-state index >= 15 is 4.39 Å². The maximum atomic E-state index is 16.2. The highest BCUT2D eigenvalue weighted by atomic mass is 35.5. The molecule has 0 bridgehead atoms. The number of carbonyl (C=O) groups is 2. The minimum Gasteiger partial charge on any atom is -0.380 e. The van der Waals surface area contributed by atoms with Crippen molar-refractivity contribution in [2.24, 2.45) is 11.3 Å². The number of nitrogens with zero attached hydrogens (tertiary/aromatic N) is 3. The van der Waals surface area contributed by atoms with E-state index in [1.807, 2.05) is 31.2 Å². The summed E-state index contributed by atoms with van der Waals surface area (Å²) >= 11 is 12.7. The van der Waals surface area contributed by atoms with Crippen LogP contribution in [0.5, 0.6) is 0 Å². The highest BCUT2D eigenvalue weighted by molar-refractivity contribution is 6.31. The number of rotatable bonds is 8. The fraction of sp³-hybridized carbons (Fsp3) is 0.432. The van der Waals surface area contributed by atoms with Gasteiger partial charge in [0.1, 0.15) is 17.2 Å². The summed E-state index contributed by atoms with van der Waals surface area (Å²) in [7, 11) is 0. The lowest BCUT2D eigenvalue weighted by Crippen LogP contribution is -2.56. The van der Waals surface area contributed by atoms with E-state index in [2.05, 4.69) is 27.0 Å². The summed E-state index contributed by atoms with van der Waals surface area (Å²) in [4.78, 5) is 35.4. The van der Waals surface area contributed by atoms with E-state index < -0.39 is 17.3 Å². The highest BCUT2D eigenvalue weighted by Gasteiger charge is 2.63. The largest absolute Gasteiger partial charge is 0.380 e. The first kappa shape index (κ1) is 31.7. The Balaban J connectivity index is 1.23. The quantitative estimate of drug-likeness (QED) is 0.208. The van der Waals surface area contributed by atoms with Gasteiger partial charge in [0.15, 0.2) is 0 Å². The van der Waals surface area contributed by atoms with Crippen molar-refractivity contribution in [1.82, 2.24) is 19.8 Å². The zero-order valence-corrected chi connectivity index (χ0v) is 28.5. The minimum atomic E-state index is -1.15. The van der Waals surface area contributed by atoms with Crippen LogP contribution in [0.2, 0.25) is 10.0 Å². The Kier molecular flexibility index (Phi) is 7.82. The van der Waals surface area contributed by atoms with Gasteiger partial charge in [-0.3, -0.25) is 14.5 Å². The molecule has 2 N–H and O–H groups in total. The van der Waals surface area contributed by atoms with Gasteiger partial charge < -0.3 is 19.9 Å². The summed E-state index contributed by atoms with van der Waals surface area (Å²) in [5, 5.41) is 6.72. The van der Waals surface area contributed by atoms with Gasteiger partial charge in [0.05, 0.1) is 29.3 Å². The van der Waals surface area contributed by atoms with Gasteiger partial charge in [0, 0.05) is 59.2 Å². The first-order chi connectivity index (χ1) is 23.1. The fourth-order valence-corrected chi connectivity index (χ4v) is 8.56. The van der Waals surface area contributed by atoms with Crippen LogP contribution in [-0.2, 0) is 16.1 Å². The molecule has 48 heavy (non-hydrogen) atoms. The number of halogens is 3. The van der Waals surface area contributed by atoms with Crippen molar-refractivity contribution in [2.45, 2.75) is 63.1 Å². The molecule has 2 amide bonds. The topological polar surface area (TPSA) is 88.5 Å². The van der Waals surface area contributed by atoms with E-state index in [1.165, 1.54) is 0 Å². The van der Waals surface area contributed by atoms with Gasteiger partial charge in [0.25, 0.3) is 5.91 Å². The molecule has 4 heterocycles. The second-order valence-corrected chi connectivity index (χ2v) is 15.4. The molecule has 1 saturated carbocycles. The molecule has 4 atom stereocenters. The van der Waals surface area contributed by atoms with Crippen molar-refractivity contribution in [2.75, 3.05) is 31.6 Å². The second-order valence-electron chi connectivity index (χ2n) is 14.5. The Morgan fingerprint density at radius 2 is 1.83 bits per heavy atom. The second kappa shape index (κ2) is 11.8. The van der Waals surface area contributed by atoms with E-state index in [4.69, 9.17) is 32.9 Å². The SMILES string of the molecule is CC1(CNC(=O)c2ccc3c(c2)nc2n3CC[C@H]3[C@@H]2[C@H](c2cccc(Cl)c2F)[C@](C)(C(=O)Nc2cccc(Cl)c2)N3CC2CC2)COC1. The van der Waals surface area contributed by atoms with E-state index in [9.17, 15) is 9.59 Å². The first-order valence-corrected chi connectivity index (χ1v) is 17.5. The summed E-state index contributed by atoms with van der Waals surface area (Å²) in [6, 6.07) is 17.7. The number of anilines is 1. The average molecular weight is 691 g/mol. The number of hydrogen-bond donors (Lipinski definition) is 2. The van der Waals surface area contributed by atoms with Crippen molar-refractivity contribution in [1.29, 1.82) is 0 Å². The molecule has 3 aliphatic heterocycles. The molecule has 0 unspecified atom stereocenters. The third-order valence-corrected chi connectivity index (χ3v) is 11.5. The molecular formula is C37H38Cl2FN5O3. The molecule has 8 nitrogen and oxygen atoms in total. The molecule has 2 saturated heterocycles. The zero-order valence-electron chi connectivity index (χ0n) is 26.9. The maximum Gasteiger partial charge on any atom is 0.251 e. The van der Waals surface area contributed by atoms with Crippen molar-refractivity contribution >= 4 is 51.7 Å². The normalized spacial score (nSPS) is 26.1. The number of carbonyl (C=O) groups excluding carboxylic acids is 2. The molecule has 3 fully saturated rings. The molecule has 11 heteroatoms. The number of fused-ring (bicyclic) bond motifs is 5. The number of aryl methyl sites for hydroxylation is 1. The summed E-state index contributed by atoms with van der Waals surface area (Å²) in [5.74, 6) is -0.557. The number of likely N-dealkylation sites (tertiary alicyclic amines) is 1. The molecule has 0 spiro atoms. The number of amides is 2. The molecule has 8 rings (SSSR count). The summed E-state index contributed by atoms with van der Waals surface area (Å²) < 4.78 is 23.8. The van der Waals surface area contributed by atoms with E-state index in [1.54, 1.807) is 36.4 Å². The number of ether oxygens (including phenoxy) is 1. The lowest BCUT2D eigenvalue weighted by molar-refractivity contribution is -0.127. The fourth-order valence-electron chi connectivity index (χ4n) is 8.19. The van der Waals surface area contributed by atoms with Gasteiger partial charge in [-0.05, 0) is 80.1 Å². The van der Waals surface area contributed by atoms with Crippen LogP contribution in [-0.4, -0.2) is 64.1 Å². The van der Waals surface area contributed by atoms with Crippen LogP contribution >= 0.6 is 23.2 Å². The first-order valence-electron chi connectivity index (χ1n) is 16.7. The van der Waals surface area contributed by atoms with Crippen molar-refractivity contribution in [3.8, 4) is 0 Å². The van der Waals surface area contributed by atoms with Crippen LogP contribution in [0.4, 0.5) is 10.1 Å². The van der Waals surface area contributed by atoms with Gasteiger partial charge >= 0.3 is 0 Å².